The first-order chi connectivity index (χ1) is 15.0. The molecule has 1 aromatic carbocycles. The number of aromatic nitrogens is 1. The fourth-order valence-corrected chi connectivity index (χ4v) is 3.94. The molecule has 0 saturated carbocycles. The minimum Gasteiger partial charge on any atom is -0.481 e. The number of carboxylic acids is 2. The lowest BCUT2D eigenvalue weighted by Gasteiger charge is -2.24. The molecule has 2 aliphatic rings. The number of benzene rings is 1. The van der Waals surface area contributed by atoms with Crippen molar-refractivity contribution >= 4 is 28.5 Å². The molecule has 4 rings (SSSR count). The van der Waals surface area contributed by atoms with E-state index in [1.165, 1.54) is 12.1 Å². The van der Waals surface area contributed by atoms with Gasteiger partial charge in [0.1, 0.15) is 11.2 Å². The van der Waals surface area contributed by atoms with Crippen LogP contribution in [-0.4, -0.2) is 66.7 Å². The van der Waals surface area contributed by atoms with Crippen molar-refractivity contribution in [2.24, 2.45) is 11.3 Å². The van der Waals surface area contributed by atoms with Crippen molar-refractivity contribution in [1.29, 1.82) is 0 Å². The number of aliphatic carboxylic acids is 2. The first-order valence-electron chi connectivity index (χ1n) is 9.42. The number of nitrogens with zero attached hydrogens (tertiary/aromatic N) is 2. The third-order valence-corrected chi connectivity index (χ3v) is 5.48. The Morgan fingerprint density at radius 2 is 2.00 bits per heavy atom. The van der Waals surface area contributed by atoms with Gasteiger partial charge in [0, 0.05) is 37.2 Å². The second-order valence-electron chi connectivity index (χ2n) is 7.58. The minimum absolute atomic E-state index is 0.0763. The van der Waals surface area contributed by atoms with Crippen LogP contribution in [0.2, 0.25) is 0 Å². The Morgan fingerprint density at radius 3 is 2.56 bits per heavy atom. The fourth-order valence-electron chi connectivity index (χ4n) is 3.94. The second-order valence-corrected chi connectivity index (χ2v) is 7.58. The maximum Gasteiger partial charge on any atom is 0.490 e. The highest BCUT2D eigenvalue weighted by Gasteiger charge is 2.56. The number of ether oxygens (including phenoxy) is 2. The van der Waals surface area contributed by atoms with E-state index >= 15 is 0 Å². The summed E-state index contributed by atoms with van der Waals surface area (Å²) in [5.74, 6) is -4.01. The molecule has 3 heterocycles. The molecule has 32 heavy (non-hydrogen) atoms. The zero-order chi connectivity index (χ0) is 23.7. The average molecular weight is 460 g/mol. The standard InChI is InChI=1S/C18H19FN2O4.C2HF3O2/c1-24-8-13-5-16(14-4-12(19)2-3-15(14)20-13)21-6-11-7-25-10-18(11,9-21)17(22)23;3-2(4,5)1(6)7/h2-5,11H,6-10H2,1H3,(H,22,23);(H,6,7)/t11-,18-;/m1./s1. The van der Waals surface area contributed by atoms with Crippen LogP contribution in [0.25, 0.3) is 10.9 Å². The quantitative estimate of drug-likeness (QED) is 0.671. The summed E-state index contributed by atoms with van der Waals surface area (Å²) < 4.78 is 56.1. The molecule has 1 aromatic heterocycles. The highest BCUT2D eigenvalue weighted by molar-refractivity contribution is 5.93. The molecule has 2 fully saturated rings. The number of methoxy groups -OCH3 is 1. The number of hydrogen-bond donors (Lipinski definition) is 2. The first-order valence-corrected chi connectivity index (χ1v) is 9.42. The molecule has 2 atom stereocenters. The van der Waals surface area contributed by atoms with Gasteiger partial charge >= 0.3 is 18.1 Å². The van der Waals surface area contributed by atoms with Crippen molar-refractivity contribution < 1.29 is 46.8 Å². The van der Waals surface area contributed by atoms with Crippen molar-refractivity contribution in [1.82, 2.24) is 4.98 Å². The summed E-state index contributed by atoms with van der Waals surface area (Å²) in [5.41, 5.74) is 1.30. The summed E-state index contributed by atoms with van der Waals surface area (Å²) in [6, 6.07) is 6.33. The van der Waals surface area contributed by atoms with E-state index in [1.807, 2.05) is 11.0 Å². The van der Waals surface area contributed by atoms with Crippen molar-refractivity contribution in [3.63, 3.8) is 0 Å². The number of anilines is 1. The van der Waals surface area contributed by atoms with Gasteiger partial charge in [0.15, 0.2) is 0 Å². The van der Waals surface area contributed by atoms with Gasteiger partial charge in [0.05, 0.1) is 31.0 Å². The topological polar surface area (TPSA) is 109 Å². The van der Waals surface area contributed by atoms with E-state index in [9.17, 15) is 27.5 Å². The van der Waals surface area contributed by atoms with Gasteiger partial charge in [-0.15, -0.1) is 0 Å². The molecule has 174 valence electrons. The lowest BCUT2D eigenvalue weighted by atomic mass is 9.81. The van der Waals surface area contributed by atoms with E-state index in [-0.39, 0.29) is 18.3 Å². The zero-order valence-electron chi connectivity index (χ0n) is 16.9. The second kappa shape index (κ2) is 8.87. The minimum atomic E-state index is -5.08. The van der Waals surface area contributed by atoms with Gasteiger partial charge in [-0.2, -0.15) is 13.2 Å². The number of rotatable bonds is 4. The lowest BCUT2D eigenvalue weighted by Crippen LogP contribution is -2.39. The average Bonchev–Trinajstić information content (AvgIpc) is 3.26. The predicted molar refractivity (Wildman–Crippen MR) is 103 cm³/mol. The van der Waals surface area contributed by atoms with Crippen molar-refractivity contribution in [2.75, 3.05) is 38.3 Å². The van der Waals surface area contributed by atoms with E-state index in [0.29, 0.717) is 37.2 Å². The molecule has 0 aliphatic carbocycles. The van der Waals surface area contributed by atoms with E-state index in [4.69, 9.17) is 19.4 Å². The van der Waals surface area contributed by atoms with Crippen molar-refractivity contribution in [2.45, 2.75) is 12.8 Å². The smallest absolute Gasteiger partial charge is 0.481 e. The summed E-state index contributed by atoms with van der Waals surface area (Å²) in [6.45, 7) is 1.89. The van der Waals surface area contributed by atoms with Crippen molar-refractivity contribution in [3.8, 4) is 0 Å². The highest BCUT2D eigenvalue weighted by Crippen LogP contribution is 2.44. The highest BCUT2D eigenvalue weighted by atomic mass is 19.4. The van der Waals surface area contributed by atoms with Crippen LogP contribution in [0.4, 0.5) is 23.2 Å². The van der Waals surface area contributed by atoms with Crippen LogP contribution in [0.15, 0.2) is 24.3 Å². The molecular formula is C20H20F4N2O6. The Morgan fingerprint density at radius 1 is 1.31 bits per heavy atom. The van der Waals surface area contributed by atoms with Crippen LogP contribution in [0.3, 0.4) is 0 Å². The summed E-state index contributed by atoms with van der Waals surface area (Å²) in [6.07, 6.45) is -5.08. The van der Waals surface area contributed by atoms with E-state index in [1.54, 1.807) is 13.2 Å². The van der Waals surface area contributed by atoms with Crippen LogP contribution < -0.4 is 4.90 Å². The van der Waals surface area contributed by atoms with Gasteiger partial charge in [0.2, 0.25) is 0 Å². The number of halogens is 4. The van der Waals surface area contributed by atoms with Crippen LogP contribution in [0.1, 0.15) is 5.69 Å². The largest absolute Gasteiger partial charge is 0.490 e. The van der Waals surface area contributed by atoms with Crippen molar-refractivity contribution in [3.05, 3.63) is 35.8 Å². The van der Waals surface area contributed by atoms with Crippen LogP contribution in [0, 0.1) is 17.2 Å². The predicted octanol–water partition coefficient (Wildman–Crippen LogP) is 2.69. The molecular weight excluding hydrogens is 440 g/mol. The Hall–Kier alpha value is -2.99. The third kappa shape index (κ3) is 4.60. The Labute approximate surface area is 179 Å². The summed E-state index contributed by atoms with van der Waals surface area (Å²) in [5, 5.41) is 17.5. The molecule has 8 nitrogen and oxygen atoms in total. The fraction of sp³-hybridized carbons (Fsp3) is 0.450. The third-order valence-electron chi connectivity index (χ3n) is 5.48. The van der Waals surface area contributed by atoms with Gasteiger partial charge in [-0.1, -0.05) is 0 Å². The van der Waals surface area contributed by atoms with Crippen LogP contribution in [0.5, 0.6) is 0 Å². The van der Waals surface area contributed by atoms with Gasteiger partial charge in [-0.3, -0.25) is 9.78 Å². The van der Waals surface area contributed by atoms with Gasteiger partial charge in [0.25, 0.3) is 0 Å². The molecule has 2 N–H and O–H groups in total. The number of pyridine rings is 1. The number of alkyl halides is 3. The molecule has 0 amide bonds. The van der Waals surface area contributed by atoms with Gasteiger partial charge < -0.3 is 24.6 Å². The number of carbonyl (C=O) groups is 2. The van der Waals surface area contributed by atoms with Gasteiger partial charge in [-0.05, 0) is 24.3 Å². The number of hydrogen-bond acceptors (Lipinski definition) is 6. The molecule has 12 heteroatoms. The molecule has 0 spiro atoms. The number of fused-ring (bicyclic) bond motifs is 2. The lowest BCUT2D eigenvalue weighted by molar-refractivity contribution is -0.192. The first kappa shape index (κ1) is 23.7. The Kier molecular flexibility index (Phi) is 6.56. The Bertz CT molecular complexity index is 1030. The van der Waals surface area contributed by atoms with Crippen LogP contribution >= 0.6 is 0 Å². The normalized spacial score (nSPS) is 22.4. The summed E-state index contributed by atoms with van der Waals surface area (Å²) in [7, 11) is 1.59. The van der Waals surface area contributed by atoms with E-state index in [2.05, 4.69) is 4.98 Å². The maximum absolute atomic E-state index is 13.8. The molecule has 0 bridgehead atoms. The maximum atomic E-state index is 13.8. The molecule has 0 unspecified atom stereocenters. The summed E-state index contributed by atoms with van der Waals surface area (Å²) >= 11 is 0. The van der Waals surface area contributed by atoms with Crippen LogP contribution in [-0.2, 0) is 25.7 Å². The zero-order valence-corrected chi connectivity index (χ0v) is 16.9. The SMILES string of the molecule is COCc1cc(N2C[C@@H]3COC[C@]3(C(=O)O)C2)c2cc(F)ccc2n1.O=C(O)C(F)(F)F. The molecule has 2 saturated heterocycles. The Balaban J connectivity index is 0.000000360. The van der Waals surface area contributed by atoms with E-state index in [0.717, 1.165) is 11.4 Å². The molecule has 2 aliphatic heterocycles. The molecule has 0 radical (unpaired) electrons. The summed E-state index contributed by atoms with van der Waals surface area (Å²) in [4.78, 5) is 27.3. The molecule has 2 aromatic rings. The monoisotopic (exact) mass is 460 g/mol. The van der Waals surface area contributed by atoms with Gasteiger partial charge in [-0.25, -0.2) is 9.18 Å². The number of carboxylic acid groups (broad SMARTS) is 2. The van der Waals surface area contributed by atoms with E-state index < -0.39 is 23.5 Å².